The van der Waals surface area contributed by atoms with Crippen LogP contribution in [0.5, 0.6) is 0 Å². The first-order valence-corrected chi connectivity index (χ1v) is 10.9. The van der Waals surface area contributed by atoms with Crippen molar-refractivity contribution in [3.05, 3.63) is 29.3 Å². The molecule has 0 spiro atoms. The van der Waals surface area contributed by atoms with Crippen molar-refractivity contribution < 1.29 is 16.8 Å². The fourth-order valence-corrected chi connectivity index (χ4v) is 5.46. The lowest BCUT2D eigenvalue weighted by Gasteiger charge is -2.13. The van der Waals surface area contributed by atoms with E-state index in [1.165, 1.54) is 0 Å². The summed E-state index contributed by atoms with van der Waals surface area (Å²) in [5.74, 6) is -0.256. The third-order valence-corrected chi connectivity index (χ3v) is 7.03. The minimum absolute atomic E-state index is 0.00405. The van der Waals surface area contributed by atoms with E-state index in [2.05, 4.69) is 9.44 Å². The number of rotatable bonds is 7. The summed E-state index contributed by atoms with van der Waals surface area (Å²) in [4.78, 5) is 0.193. The Morgan fingerprint density at radius 3 is 2.39 bits per heavy atom. The van der Waals surface area contributed by atoms with Gasteiger partial charge in [-0.15, -0.1) is 0 Å². The molecule has 6 nitrogen and oxygen atoms in total. The molecule has 23 heavy (non-hydrogen) atoms. The van der Waals surface area contributed by atoms with Gasteiger partial charge < -0.3 is 0 Å². The number of hydrogen-bond donors (Lipinski definition) is 2. The van der Waals surface area contributed by atoms with Crippen molar-refractivity contribution in [3.63, 3.8) is 0 Å². The van der Waals surface area contributed by atoms with Gasteiger partial charge in [0, 0.05) is 12.6 Å². The largest absolute Gasteiger partial charge is 0.240 e. The molecule has 2 N–H and O–H groups in total. The van der Waals surface area contributed by atoms with E-state index in [1.54, 1.807) is 19.1 Å². The molecule has 1 saturated carbocycles. The van der Waals surface area contributed by atoms with Gasteiger partial charge >= 0.3 is 0 Å². The van der Waals surface area contributed by atoms with Crippen molar-refractivity contribution in [3.8, 4) is 0 Å². The molecule has 8 heteroatoms. The van der Waals surface area contributed by atoms with Gasteiger partial charge in [-0.3, -0.25) is 0 Å². The van der Waals surface area contributed by atoms with Crippen LogP contribution in [-0.2, 0) is 20.0 Å². The summed E-state index contributed by atoms with van der Waals surface area (Å²) in [6.45, 7) is 3.39. The van der Waals surface area contributed by atoms with Gasteiger partial charge in [-0.2, -0.15) is 0 Å². The maximum absolute atomic E-state index is 12.3. The van der Waals surface area contributed by atoms with Crippen LogP contribution in [0, 0.1) is 13.8 Å². The maximum atomic E-state index is 12.3. The minimum Gasteiger partial charge on any atom is -0.212 e. The molecule has 1 aromatic rings. The molecule has 0 radical (unpaired) electrons. The van der Waals surface area contributed by atoms with Gasteiger partial charge in [-0.1, -0.05) is 25.0 Å². The molecule has 1 fully saturated rings. The molecular weight excluding hydrogens is 336 g/mol. The SMILES string of the molecule is Cc1ccc(C)c(S(=O)(=O)NCCS(=O)(=O)NC2CCCC2)c1. The smallest absolute Gasteiger partial charge is 0.212 e. The van der Waals surface area contributed by atoms with E-state index >= 15 is 0 Å². The topological polar surface area (TPSA) is 92.3 Å². The van der Waals surface area contributed by atoms with E-state index in [0.29, 0.717) is 5.56 Å². The second-order valence-corrected chi connectivity index (χ2v) is 9.69. The van der Waals surface area contributed by atoms with Crippen molar-refractivity contribution in [1.82, 2.24) is 9.44 Å². The average molecular weight is 361 g/mol. The Bertz CT molecular complexity index is 752. The minimum atomic E-state index is -3.71. The lowest BCUT2D eigenvalue weighted by atomic mass is 10.2. The van der Waals surface area contributed by atoms with Gasteiger partial charge in [0.25, 0.3) is 0 Å². The van der Waals surface area contributed by atoms with E-state index in [9.17, 15) is 16.8 Å². The highest BCUT2D eigenvalue weighted by Crippen LogP contribution is 2.18. The highest BCUT2D eigenvalue weighted by atomic mass is 32.2. The van der Waals surface area contributed by atoms with Crippen LogP contribution in [0.2, 0.25) is 0 Å². The van der Waals surface area contributed by atoms with Crippen LogP contribution in [-0.4, -0.2) is 35.2 Å². The molecule has 0 heterocycles. The molecular formula is C15H24N2O4S2. The van der Waals surface area contributed by atoms with Crippen molar-refractivity contribution >= 4 is 20.0 Å². The summed E-state index contributed by atoms with van der Waals surface area (Å²) in [5, 5.41) is 0. The summed E-state index contributed by atoms with van der Waals surface area (Å²) in [6.07, 6.45) is 3.78. The highest BCUT2D eigenvalue weighted by molar-refractivity contribution is 7.90. The Labute approximate surface area is 138 Å². The fraction of sp³-hybridized carbons (Fsp3) is 0.600. The summed E-state index contributed by atoms with van der Waals surface area (Å²) in [7, 11) is -7.17. The van der Waals surface area contributed by atoms with Crippen molar-refractivity contribution in [2.75, 3.05) is 12.3 Å². The van der Waals surface area contributed by atoms with Gasteiger partial charge in [-0.05, 0) is 43.9 Å². The molecule has 0 aromatic heterocycles. The molecule has 1 aliphatic rings. The second kappa shape index (κ2) is 7.29. The number of benzene rings is 1. The first kappa shape index (κ1) is 18.4. The monoisotopic (exact) mass is 360 g/mol. The zero-order valence-electron chi connectivity index (χ0n) is 13.5. The van der Waals surface area contributed by atoms with E-state index in [-0.39, 0.29) is 23.2 Å². The third kappa shape index (κ3) is 5.27. The summed E-state index contributed by atoms with van der Waals surface area (Å²) in [6, 6.07) is 5.16. The van der Waals surface area contributed by atoms with Crippen molar-refractivity contribution in [2.24, 2.45) is 0 Å². The molecule has 0 aliphatic heterocycles. The number of aryl methyl sites for hydroxylation is 2. The molecule has 0 unspecified atom stereocenters. The van der Waals surface area contributed by atoms with Crippen molar-refractivity contribution in [2.45, 2.75) is 50.5 Å². The van der Waals surface area contributed by atoms with Crippen LogP contribution in [0.25, 0.3) is 0 Å². The predicted octanol–water partition coefficient (Wildman–Crippen LogP) is 1.44. The zero-order chi connectivity index (χ0) is 17.1. The Morgan fingerprint density at radius 2 is 1.74 bits per heavy atom. The lowest BCUT2D eigenvalue weighted by molar-refractivity contribution is 0.550. The molecule has 1 aromatic carbocycles. The molecule has 1 aliphatic carbocycles. The van der Waals surface area contributed by atoms with Gasteiger partial charge in [-0.25, -0.2) is 26.3 Å². The first-order valence-electron chi connectivity index (χ1n) is 7.76. The summed E-state index contributed by atoms with van der Waals surface area (Å²) >= 11 is 0. The van der Waals surface area contributed by atoms with Gasteiger partial charge in [0.2, 0.25) is 20.0 Å². The maximum Gasteiger partial charge on any atom is 0.240 e. The van der Waals surface area contributed by atoms with Crippen LogP contribution in [0.1, 0.15) is 36.8 Å². The van der Waals surface area contributed by atoms with E-state index in [4.69, 9.17) is 0 Å². The zero-order valence-corrected chi connectivity index (χ0v) is 15.1. The Balaban J connectivity index is 1.95. The molecule has 0 amide bonds. The van der Waals surface area contributed by atoms with Gasteiger partial charge in [0.15, 0.2) is 0 Å². The Morgan fingerprint density at radius 1 is 1.09 bits per heavy atom. The van der Waals surface area contributed by atoms with E-state index in [1.807, 2.05) is 13.0 Å². The first-order chi connectivity index (χ1) is 10.7. The van der Waals surface area contributed by atoms with Gasteiger partial charge in [0.05, 0.1) is 10.6 Å². The van der Waals surface area contributed by atoms with Crippen LogP contribution >= 0.6 is 0 Å². The highest BCUT2D eigenvalue weighted by Gasteiger charge is 2.22. The third-order valence-electron chi connectivity index (χ3n) is 4.00. The molecule has 0 bridgehead atoms. The van der Waals surface area contributed by atoms with Crippen LogP contribution in [0.3, 0.4) is 0 Å². The molecule has 130 valence electrons. The lowest BCUT2D eigenvalue weighted by Crippen LogP contribution is -2.38. The molecule has 0 saturated heterocycles. The fourth-order valence-electron chi connectivity index (χ4n) is 2.74. The normalized spacial score (nSPS) is 16.8. The average Bonchev–Trinajstić information content (AvgIpc) is 2.93. The van der Waals surface area contributed by atoms with E-state index in [0.717, 1.165) is 31.2 Å². The summed E-state index contributed by atoms with van der Waals surface area (Å²) in [5.41, 5.74) is 1.47. The Hall–Kier alpha value is -0.960. The predicted molar refractivity (Wildman–Crippen MR) is 90.3 cm³/mol. The summed E-state index contributed by atoms with van der Waals surface area (Å²) < 4.78 is 53.6. The van der Waals surface area contributed by atoms with Crippen LogP contribution in [0.4, 0.5) is 0 Å². The quantitative estimate of drug-likeness (QED) is 0.770. The number of hydrogen-bond acceptors (Lipinski definition) is 4. The second-order valence-electron chi connectivity index (χ2n) is 6.08. The van der Waals surface area contributed by atoms with Gasteiger partial charge in [0.1, 0.15) is 0 Å². The van der Waals surface area contributed by atoms with Crippen molar-refractivity contribution in [1.29, 1.82) is 0 Å². The van der Waals surface area contributed by atoms with E-state index < -0.39 is 20.0 Å². The number of nitrogens with one attached hydrogen (secondary N) is 2. The van der Waals surface area contributed by atoms with Crippen LogP contribution in [0.15, 0.2) is 23.1 Å². The molecule has 0 atom stereocenters. The Kier molecular flexibility index (Phi) is 5.83. The standard InChI is InChI=1S/C15H24N2O4S2/c1-12-7-8-13(2)15(11-12)23(20,21)16-9-10-22(18,19)17-14-5-3-4-6-14/h7-8,11,14,16-17H,3-6,9-10H2,1-2H3. The number of sulfonamides is 2. The van der Waals surface area contributed by atoms with Crippen LogP contribution < -0.4 is 9.44 Å². The molecule has 2 rings (SSSR count).